The third kappa shape index (κ3) is 2.73. The molecule has 1 aliphatic carbocycles. The van der Waals surface area contributed by atoms with E-state index in [4.69, 9.17) is 9.72 Å². The largest absolute Gasteiger partial charge is 0.373 e. The minimum absolute atomic E-state index is 0.206. The number of hydrogen-bond acceptors (Lipinski definition) is 3. The van der Waals surface area contributed by atoms with E-state index in [1.54, 1.807) is 0 Å². The van der Waals surface area contributed by atoms with Crippen molar-refractivity contribution in [1.29, 1.82) is 0 Å². The van der Waals surface area contributed by atoms with E-state index in [1.165, 1.54) is 22.3 Å². The highest BCUT2D eigenvalue weighted by atomic mass is 16.5. The Morgan fingerprint density at radius 1 is 1.15 bits per heavy atom. The molecule has 4 heteroatoms. The molecule has 0 radical (unpaired) electrons. The van der Waals surface area contributed by atoms with Crippen molar-refractivity contribution in [2.45, 2.75) is 51.9 Å². The third-order valence-corrected chi connectivity index (χ3v) is 5.87. The monoisotopic (exact) mass is 348 g/mol. The highest BCUT2D eigenvalue weighted by Gasteiger charge is 2.36. The van der Waals surface area contributed by atoms with E-state index in [2.05, 4.69) is 31.2 Å². The number of carbonyl (C=O) groups excluding carboxylic acids is 1. The lowest BCUT2D eigenvalue weighted by molar-refractivity contribution is -0.133. The summed E-state index contributed by atoms with van der Waals surface area (Å²) in [6.45, 7) is 4.25. The van der Waals surface area contributed by atoms with E-state index in [9.17, 15) is 4.79 Å². The lowest BCUT2D eigenvalue weighted by atomic mass is 9.88. The summed E-state index contributed by atoms with van der Waals surface area (Å²) in [5.74, 6) is 0.613. The van der Waals surface area contributed by atoms with Gasteiger partial charge in [-0.25, -0.2) is 0 Å². The predicted octanol–water partition coefficient (Wildman–Crippen LogP) is 3.50. The number of nitrogens with zero attached hydrogens (tertiary/aromatic N) is 2. The van der Waals surface area contributed by atoms with Crippen LogP contribution < -0.4 is 0 Å². The van der Waals surface area contributed by atoms with Crippen LogP contribution in [0.3, 0.4) is 0 Å². The number of amides is 1. The number of aromatic nitrogens is 1. The average Bonchev–Trinajstić information content (AvgIpc) is 3.52. The minimum atomic E-state index is 0.206. The van der Waals surface area contributed by atoms with Gasteiger partial charge in [-0.3, -0.25) is 9.78 Å². The van der Waals surface area contributed by atoms with Crippen LogP contribution in [0, 0.1) is 5.92 Å². The van der Waals surface area contributed by atoms with Crippen LogP contribution in [0.4, 0.5) is 0 Å². The molecule has 5 rings (SSSR count). The van der Waals surface area contributed by atoms with Crippen molar-refractivity contribution in [1.82, 2.24) is 9.88 Å². The molecule has 0 unspecified atom stereocenters. The molecule has 1 aromatic carbocycles. The summed E-state index contributed by atoms with van der Waals surface area (Å²) in [5, 5.41) is 0. The number of ether oxygens (including phenoxy) is 1. The van der Waals surface area contributed by atoms with E-state index < -0.39 is 0 Å². The molecule has 0 saturated heterocycles. The molecular formula is C22H24N2O2. The van der Waals surface area contributed by atoms with Gasteiger partial charge in [0.05, 0.1) is 18.4 Å². The second kappa shape index (κ2) is 6.20. The fourth-order valence-corrected chi connectivity index (χ4v) is 4.25. The molecule has 1 atom stereocenters. The Morgan fingerprint density at radius 2 is 1.96 bits per heavy atom. The molecule has 3 heterocycles. The van der Waals surface area contributed by atoms with Crippen LogP contribution in [-0.4, -0.2) is 28.4 Å². The molecule has 1 aromatic heterocycles. The SMILES string of the molecule is C[C@H]1Cc2c(-c3ccccc3)nc3c(c2CO1)CN(C(=O)C1CC1)CC3. The quantitative estimate of drug-likeness (QED) is 0.834. The number of hydrogen-bond donors (Lipinski definition) is 0. The van der Waals surface area contributed by atoms with Crippen LogP contribution in [0.1, 0.15) is 42.1 Å². The summed E-state index contributed by atoms with van der Waals surface area (Å²) in [7, 11) is 0. The van der Waals surface area contributed by atoms with E-state index in [0.29, 0.717) is 19.1 Å². The van der Waals surface area contributed by atoms with Crippen molar-refractivity contribution in [2.24, 2.45) is 5.92 Å². The predicted molar refractivity (Wildman–Crippen MR) is 99.5 cm³/mol. The fourth-order valence-electron chi connectivity index (χ4n) is 4.25. The van der Waals surface area contributed by atoms with Crippen LogP contribution in [0.5, 0.6) is 0 Å². The van der Waals surface area contributed by atoms with Gasteiger partial charge in [0, 0.05) is 43.1 Å². The van der Waals surface area contributed by atoms with Crippen molar-refractivity contribution >= 4 is 5.91 Å². The highest BCUT2D eigenvalue weighted by molar-refractivity contribution is 5.81. The molecule has 2 aromatic rings. The van der Waals surface area contributed by atoms with Crippen molar-refractivity contribution in [3.8, 4) is 11.3 Å². The standard InChI is InChI=1S/C22H24N2O2/c1-14-11-17-19(13-26-14)18-12-24(22(25)16-7-8-16)10-9-20(18)23-21(17)15-5-3-2-4-6-15/h2-6,14,16H,7-13H2,1H3/t14-/m0/s1. The van der Waals surface area contributed by atoms with Gasteiger partial charge in [0.1, 0.15) is 0 Å². The fraction of sp³-hybridized carbons (Fsp3) is 0.455. The van der Waals surface area contributed by atoms with E-state index >= 15 is 0 Å². The van der Waals surface area contributed by atoms with Crippen LogP contribution in [0.15, 0.2) is 30.3 Å². The summed E-state index contributed by atoms with van der Waals surface area (Å²) in [6.07, 6.45) is 4.06. The van der Waals surface area contributed by atoms with E-state index in [1.807, 2.05) is 11.0 Å². The Hall–Kier alpha value is -2.20. The molecule has 134 valence electrons. The maximum absolute atomic E-state index is 12.6. The highest BCUT2D eigenvalue weighted by Crippen LogP contribution is 2.37. The smallest absolute Gasteiger partial charge is 0.225 e. The van der Waals surface area contributed by atoms with Gasteiger partial charge in [0.2, 0.25) is 5.91 Å². The second-order valence-corrected chi connectivity index (χ2v) is 7.82. The summed E-state index contributed by atoms with van der Waals surface area (Å²) >= 11 is 0. The zero-order valence-electron chi connectivity index (χ0n) is 15.2. The van der Waals surface area contributed by atoms with Crippen molar-refractivity contribution in [2.75, 3.05) is 6.54 Å². The Balaban J connectivity index is 1.59. The molecule has 1 saturated carbocycles. The lowest BCUT2D eigenvalue weighted by Crippen LogP contribution is -2.38. The van der Waals surface area contributed by atoms with Gasteiger partial charge in [0.25, 0.3) is 0 Å². The van der Waals surface area contributed by atoms with Gasteiger partial charge in [0.15, 0.2) is 0 Å². The Labute approximate surface area is 154 Å². The summed E-state index contributed by atoms with van der Waals surface area (Å²) in [5.41, 5.74) is 7.27. The summed E-state index contributed by atoms with van der Waals surface area (Å²) < 4.78 is 5.99. The first-order valence-corrected chi connectivity index (χ1v) is 9.70. The van der Waals surface area contributed by atoms with Gasteiger partial charge >= 0.3 is 0 Å². The Bertz CT molecular complexity index is 858. The first-order chi connectivity index (χ1) is 12.7. The van der Waals surface area contributed by atoms with Crippen LogP contribution in [0.25, 0.3) is 11.3 Å². The molecule has 4 nitrogen and oxygen atoms in total. The normalized spacial score (nSPS) is 21.9. The van der Waals surface area contributed by atoms with Gasteiger partial charge in [-0.1, -0.05) is 30.3 Å². The van der Waals surface area contributed by atoms with Crippen molar-refractivity contribution in [3.05, 3.63) is 52.7 Å². The van der Waals surface area contributed by atoms with Crippen LogP contribution in [0.2, 0.25) is 0 Å². The molecular weight excluding hydrogens is 324 g/mol. The topological polar surface area (TPSA) is 42.4 Å². The molecule has 26 heavy (non-hydrogen) atoms. The number of carbonyl (C=O) groups is 1. The van der Waals surface area contributed by atoms with Gasteiger partial charge in [-0.2, -0.15) is 0 Å². The Morgan fingerprint density at radius 3 is 2.73 bits per heavy atom. The Kier molecular flexibility index (Phi) is 3.82. The second-order valence-electron chi connectivity index (χ2n) is 7.82. The number of pyridine rings is 1. The van der Waals surface area contributed by atoms with Crippen LogP contribution >= 0.6 is 0 Å². The first-order valence-electron chi connectivity index (χ1n) is 9.70. The zero-order chi connectivity index (χ0) is 17.7. The molecule has 1 amide bonds. The van der Waals surface area contributed by atoms with Gasteiger partial charge in [-0.15, -0.1) is 0 Å². The summed E-state index contributed by atoms with van der Waals surface area (Å²) in [6, 6.07) is 10.5. The molecule has 1 fully saturated rings. The van der Waals surface area contributed by atoms with Crippen molar-refractivity contribution < 1.29 is 9.53 Å². The molecule has 2 aliphatic heterocycles. The zero-order valence-corrected chi connectivity index (χ0v) is 15.2. The summed E-state index contributed by atoms with van der Waals surface area (Å²) in [4.78, 5) is 19.7. The molecule has 0 bridgehead atoms. The lowest BCUT2D eigenvalue weighted by Gasteiger charge is -2.34. The van der Waals surface area contributed by atoms with E-state index in [-0.39, 0.29) is 12.0 Å². The molecule has 0 N–H and O–H groups in total. The first kappa shape index (κ1) is 16.0. The minimum Gasteiger partial charge on any atom is -0.373 e. The maximum Gasteiger partial charge on any atom is 0.225 e. The maximum atomic E-state index is 12.6. The third-order valence-electron chi connectivity index (χ3n) is 5.87. The van der Waals surface area contributed by atoms with Crippen LogP contribution in [-0.2, 0) is 35.5 Å². The molecule has 3 aliphatic rings. The van der Waals surface area contributed by atoms with E-state index in [0.717, 1.165) is 43.6 Å². The number of benzene rings is 1. The van der Waals surface area contributed by atoms with Crippen molar-refractivity contribution in [3.63, 3.8) is 0 Å². The number of fused-ring (bicyclic) bond motifs is 3. The van der Waals surface area contributed by atoms with Gasteiger partial charge in [-0.05, 0) is 36.5 Å². The molecule has 0 spiro atoms. The van der Waals surface area contributed by atoms with Gasteiger partial charge < -0.3 is 9.64 Å². The number of rotatable bonds is 2. The average molecular weight is 348 g/mol.